The summed E-state index contributed by atoms with van der Waals surface area (Å²) >= 11 is 0. The van der Waals surface area contributed by atoms with E-state index in [1.54, 1.807) is 20.8 Å². The first-order chi connectivity index (χ1) is 12.0. The number of ether oxygens (including phenoxy) is 1. The second-order valence-corrected chi connectivity index (χ2v) is 7.33. The van der Waals surface area contributed by atoms with Crippen LogP contribution in [0.5, 0.6) is 0 Å². The van der Waals surface area contributed by atoms with Gasteiger partial charge in [-0.25, -0.2) is 4.79 Å². The highest BCUT2D eigenvalue weighted by molar-refractivity contribution is 5.93. The maximum absolute atomic E-state index is 12.6. The van der Waals surface area contributed by atoms with Crippen LogP contribution in [0.1, 0.15) is 39.2 Å². The lowest BCUT2D eigenvalue weighted by atomic mass is 9.97. The van der Waals surface area contributed by atoms with Crippen molar-refractivity contribution in [3.8, 4) is 0 Å². The van der Waals surface area contributed by atoms with Crippen LogP contribution in [0.4, 0.5) is 23.7 Å². The van der Waals surface area contributed by atoms with Gasteiger partial charge in [-0.3, -0.25) is 4.79 Å². The minimum Gasteiger partial charge on any atom is -0.444 e. The van der Waals surface area contributed by atoms with Crippen molar-refractivity contribution in [2.45, 2.75) is 45.4 Å². The molecule has 26 heavy (non-hydrogen) atoms. The van der Waals surface area contributed by atoms with E-state index in [0.29, 0.717) is 19.4 Å². The molecule has 5 nitrogen and oxygen atoms in total. The lowest BCUT2D eigenvalue weighted by Gasteiger charge is -2.33. The molecule has 0 aromatic heterocycles. The van der Waals surface area contributed by atoms with Gasteiger partial charge >= 0.3 is 12.3 Å². The molecule has 1 aliphatic heterocycles. The number of nitrogens with zero attached hydrogens (tertiary/aromatic N) is 1. The highest BCUT2D eigenvalue weighted by atomic mass is 19.4. The number of hydrogen-bond donors (Lipinski definition) is 1. The predicted molar refractivity (Wildman–Crippen MR) is 90.6 cm³/mol. The molecular formula is C18H23F3N2O3. The summed E-state index contributed by atoms with van der Waals surface area (Å²) in [5, 5.41) is 2.61. The van der Waals surface area contributed by atoms with E-state index in [9.17, 15) is 22.8 Å². The molecule has 2 amide bonds. The van der Waals surface area contributed by atoms with Crippen molar-refractivity contribution in [2.75, 3.05) is 18.4 Å². The summed E-state index contributed by atoms with van der Waals surface area (Å²) < 4.78 is 43.0. The molecule has 0 radical (unpaired) electrons. The van der Waals surface area contributed by atoms with Crippen molar-refractivity contribution in [2.24, 2.45) is 5.92 Å². The molecule has 1 aromatic carbocycles. The highest BCUT2D eigenvalue weighted by Gasteiger charge is 2.32. The number of carbonyl (C=O) groups is 2. The third-order valence-corrected chi connectivity index (χ3v) is 3.92. The van der Waals surface area contributed by atoms with Crippen molar-refractivity contribution in [3.63, 3.8) is 0 Å². The van der Waals surface area contributed by atoms with E-state index in [2.05, 4.69) is 5.32 Å². The number of halogens is 3. The van der Waals surface area contributed by atoms with Gasteiger partial charge in [0.2, 0.25) is 5.91 Å². The first-order valence-electron chi connectivity index (χ1n) is 8.42. The Kier molecular flexibility index (Phi) is 5.83. The molecule has 0 saturated carbocycles. The second-order valence-electron chi connectivity index (χ2n) is 7.33. The van der Waals surface area contributed by atoms with E-state index in [1.807, 2.05) is 0 Å². The molecule has 1 saturated heterocycles. The van der Waals surface area contributed by atoms with Crippen molar-refractivity contribution in [3.05, 3.63) is 29.8 Å². The van der Waals surface area contributed by atoms with Crippen molar-refractivity contribution < 1.29 is 27.5 Å². The Morgan fingerprint density at radius 1 is 1.15 bits per heavy atom. The number of anilines is 1. The first kappa shape index (κ1) is 20.1. The number of carbonyl (C=O) groups excluding carboxylic acids is 2. The summed E-state index contributed by atoms with van der Waals surface area (Å²) in [6, 6.07) is 4.28. The Labute approximate surface area is 150 Å². The molecule has 1 aromatic rings. The van der Waals surface area contributed by atoms with E-state index >= 15 is 0 Å². The minimum atomic E-state index is -4.42. The number of benzene rings is 1. The van der Waals surface area contributed by atoms with Crippen LogP contribution in [0.3, 0.4) is 0 Å². The van der Waals surface area contributed by atoms with Gasteiger partial charge in [0, 0.05) is 18.8 Å². The summed E-state index contributed by atoms with van der Waals surface area (Å²) in [6.45, 7) is 6.04. The molecule has 1 atom stereocenters. The average Bonchev–Trinajstić information content (AvgIpc) is 2.53. The van der Waals surface area contributed by atoms with Gasteiger partial charge in [-0.15, -0.1) is 0 Å². The van der Waals surface area contributed by atoms with Crippen molar-refractivity contribution >= 4 is 17.7 Å². The lowest BCUT2D eigenvalue weighted by molar-refractivity contribution is -0.137. The number of hydrogen-bond acceptors (Lipinski definition) is 3. The van der Waals surface area contributed by atoms with E-state index in [4.69, 9.17) is 4.74 Å². The van der Waals surface area contributed by atoms with Gasteiger partial charge in [-0.05, 0) is 57.9 Å². The smallest absolute Gasteiger partial charge is 0.416 e. The molecule has 1 N–H and O–H groups in total. The Morgan fingerprint density at radius 2 is 1.77 bits per heavy atom. The molecule has 1 aliphatic rings. The fraction of sp³-hybridized carbons (Fsp3) is 0.556. The van der Waals surface area contributed by atoms with Crippen molar-refractivity contribution in [1.29, 1.82) is 0 Å². The summed E-state index contributed by atoms with van der Waals surface area (Å²) in [5.41, 5.74) is -1.10. The largest absolute Gasteiger partial charge is 0.444 e. The van der Waals surface area contributed by atoms with Gasteiger partial charge in [0.25, 0.3) is 0 Å². The van der Waals surface area contributed by atoms with Crippen LogP contribution < -0.4 is 5.32 Å². The maximum atomic E-state index is 12.6. The molecular weight excluding hydrogens is 349 g/mol. The third kappa shape index (κ3) is 5.64. The van der Waals surface area contributed by atoms with Crippen LogP contribution >= 0.6 is 0 Å². The fourth-order valence-corrected chi connectivity index (χ4v) is 2.67. The standard InChI is InChI=1S/C18H23F3N2O3/c1-17(2,3)26-16(25)23-10-4-5-12(11-23)15(24)22-14-8-6-13(7-9-14)18(19,20)21/h6-9,12H,4-5,10-11H2,1-3H3,(H,22,24)/t12-/m0/s1. The topological polar surface area (TPSA) is 58.6 Å². The molecule has 0 spiro atoms. The zero-order valence-corrected chi connectivity index (χ0v) is 15.0. The SMILES string of the molecule is CC(C)(C)OC(=O)N1CCC[C@H](C(=O)Nc2ccc(C(F)(F)F)cc2)C1. The Morgan fingerprint density at radius 3 is 2.31 bits per heavy atom. The number of likely N-dealkylation sites (tertiary alicyclic amines) is 1. The van der Waals surface area contributed by atoms with Crippen LogP contribution in [0.2, 0.25) is 0 Å². The van der Waals surface area contributed by atoms with Crippen LogP contribution in [0, 0.1) is 5.92 Å². The van der Waals surface area contributed by atoms with E-state index in [0.717, 1.165) is 12.1 Å². The second kappa shape index (κ2) is 7.55. The van der Waals surface area contributed by atoms with Gasteiger partial charge in [0.05, 0.1) is 11.5 Å². The Bertz CT molecular complexity index is 651. The summed E-state index contributed by atoms with van der Waals surface area (Å²) in [5.74, 6) is -0.753. The summed E-state index contributed by atoms with van der Waals surface area (Å²) in [4.78, 5) is 26.0. The van der Waals surface area contributed by atoms with E-state index in [1.165, 1.54) is 17.0 Å². The monoisotopic (exact) mass is 372 g/mol. The number of piperidine rings is 1. The summed E-state index contributed by atoms with van der Waals surface area (Å²) in [7, 11) is 0. The lowest BCUT2D eigenvalue weighted by Crippen LogP contribution is -2.45. The zero-order chi connectivity index (χ0) is 19.5. The molecule has 0 aliphatic carbocycles. The number of alkyl halides is 3. The van der Waals surface area contributed by atoms with Gasteiger partial charge in [0.15, 0.2) is 0 Å². The highest BCUT2D eigenvalue weighted by Crippen LogP contribution is 2.30. The molecule has 2 rings (SSSR count). The number of nitrogens with one attached hydrogen (secondary N) is 1. The average molecular weight is 372 g/mol. The molecule has 0 unspecified atom stereocenters. The van der Waals surface area contributed by atoms with Crippen molar-refractivity contribution in [1.82, 2.24) is 4.90 Å². The normalized spacial score (nSPS) is 18.4. The maximum Gasteiger partial charge on any atom is 0.416 e. The molecule has 0 bridgehead atoms. The van der Waals surface area contributed by atoms with Crippen LogP contribution in [0.25, 0.3) is 0 Å². The van der Waals surface area contributed by atoms with Gasteiger partial charge < -0.3 is 15.0 Å². The molecule has 8 heteroatoms. The predicted octanol–water partition coefficient (Wildman–Crippen LogP) is 4.29. The van der Waals surface area contributed by atoms with Crippen LogP contribution in [-0.2, 0) is 15.7 Å². The first-order valence-corrected chi connectivity index (χ1v) is 8.42. The summed E-state index contributed by atoms with van der Waals surface area (Å²) in [6.07, 6.45) is -3.62. The Balaban J connectivity index is 1.95. The van der Waals surface area contributed by atoms with E-state index in [-0.39, 0.29) is 18.1 Å². The quantitative estimate of drug-likeness (QED) is 0.842. The number of rotatable bonds is 2. The van der Waals surface area contributed by atoms with E-state index < -0.39 is 29.4 Å². The number of amides is 2. The third-order valence-electron chi connectivity index (χ3n) is 3.92. The van der Waals surface area contributed by atoms with Gasteiger partial charge in [0.1, 0.15) is 5.60 Å². The van der Waals surface area contributed by atoms with Gasteiger partial charge in [-0.1, -0.05) is 0 Å². The van der Waals surface area contributed by atoms with Crippen LogP contribution in [-0.4, -0.2) is 35.6 Å². The zero-order valence-electron chi connectivity index (χ0n) is 15.0. The molecule has 1 fully saturated rings. The van der Waals surface area contributed by atoms with Crippen LogP contribution in [0.15, 0.2) is 24.3 Å². The molecule has 144 valence electrons. The minimum absolute atomic E-state index is 0.224. The molecule has 1 heterocycles. The Hall–Kier alpha value is -2.25. The fourth-order valence-electron chi connectivity index (χ4n) is 2.67. The van der Waals surface area contributed by atoms with Gasteiger partial charge in [-0.2, -0.15) is 13.2 Å².